The maximum Gasteiger partial charge on any atom is 0.0589 e. The highest BCUT2D eigenvalue weighted by Gasteiger charge is 2.19. The smallest absolute Gasteiger partial charge is 0.0589 e. The van der Waals surface area contributed by atoms with Crippen LogP contribution in [0.4, 0.5) is 0 Å². The van der Waals surface area contributed by atoms with E-state index in [0.717, 1.165) is 23.1 Å². The maximum absolute atomic E-state index is 5.93. The molecule has 0 fully saturated rings. The lowest BCUT2D eigenvalue weighted by Crippen LogP contribution is -2.38. The molecule has 0 radical (unpaired) electrons. The first-order valence-electron chi connectivity index (χ1n) is 6.25. The maximum atomic E-state index is 5.93. The molecule has 0 aliphatic rings. The van der Waals surface area contributed by atoms with Crippen molar-refractivity contribution in [2.45, 2.75) is 6.04 Å². The molecule has 0 aliphatic heterocycles. The van der Waals surface area contributed by atoms with Crippen LogP contribution in [0.25, 0.3) is 0 Å². The van der Waals surface area contributed by atoms with Crippen LogP contribution < -0.4 is 5.73 Å². The Labute approximate surface area is 123 Å². The van der Waals surface area contributed by atoms with Crippen molar-refractivity contribution in [3.05, 3.63) is 28.5 Å². The zero-order valence-electron chi connectivity index (χ0n) is 11.5. The summed E-state index contributed by atoms with van der Waals surface area (Å²) in [5, 5.41) is 0. The van der Waals surface area contributed by atoms with E-state index in [0.29, 0.717) is 19.8 Å². The Balaban J connectivity index is 2.81. The second-order valence-corrected chi connectivity index (χ2v) is 5.13. The fraction of sp³-hybridized carbons (Fsp3) is 0.615. The first-order chi connectivity index (χ1) is 9.22. The van der Waals surface area contributed by atoms with Gasteiger partial charge in [0, 0.05) is 56.8 Å². The average molecular weight is 332 g/mol. The predicted octanol–water partition coefficient (Wildman–Crippen LogP) is 1.44. The van der Waals surface area contributed by atoms with Crippen LogP contribution in [0.5, 0.6) is 0 Å². The minimum atomic E-state index is 0.121. The summed E-state index contributed by atoms with van der Waals surface area (Å²) in [6, 6.07) is 2.17. The third-order valence-corrected chi connectivity index (χ3v) is 3.37. The van der Waals surface area contributed by atoms with Gasteiger partial charge in [-0.05, 0) is 27.6 Å². The Morgan fingerprint density at radius 2 is 1.89 bits per heavy atom. The van der Waals surface area contributed by atoms with Crippen LogP contribution in [0.2, 0.25) is 0 Å². The number of aromatic nitrogens is 1. The highest BCUT2D eigenvalue weighted by Crippen LogP contribution is 2.21. The molecule has 0 amide bonds. The molecule has 6 heteroatoms. The molecule has 0 spiro atoms. The van der Waals surface area contributed by atoms with Gasteiger partial charge in [-0.2, -0.15) is 0 Å². The molecule has 2 N–H and O–H groups in total. The predicted molar refractivity (Wildman–Crippen MR) is 79.1 cm³/mol. The van der Waals surface area contributed by atoms with Crippen LogP contribution >= 0.6 is 15.9 Å². The summed E-state index contributed by atoms with van der Waals surface area (Å²) in [4.78, 5) is 6.46. The van der Waals surface area contributed by atoms with Gasteiger partial charge in [0.05, 0.1) is 13.2 Å². The van der Waals surface area contributed by atoms with E-state index < -0.39 is 0 Å². The third-order valence-electron chi connectivity index (χ3n) is 2.94. The van der Waals surface area contributed by atoms with E-state index in [1.54, 1.807) is 20.4 Å². The molecule has 0 saturated heterocycles. The van der Waals surface area contributed by atoms with Crippen molar-refractivity contribution in [1.82, 2.24) is 9.88 Å². The van der Waals surface area contributed by atoms with Crippen molar-refractivity contribution in [3.63, 3.8) is 0 Å². The number of ether oxygens (including phenoxy) is 2. The molecule has 1 heterocycles. The van der Waals surface area contributed by atoms with Crippen LogP contribution in [0.15, 0.2) is 22.9 Å². The van der Waals surface area contributed by atoms with E-state index in [2.05, 4.69) is 31.9 Å². The summed E-state index contributed by atoms with van der Waals surface area (Å²) < 4.78 is 11.3. The summed E-state index contributed by atoms with van der Waals surface area (Å²) >= 11 is 3.44. The molecule has 0 aliphatic carbocycles. The number of nitrogens with zero attached hydrogens (tertiary/aromatic N) is 2. The van der Waals surface area contributed by atoms with E-state index >= 15 is 0 Å². The van der Waals surface area contributed by atoms with Crippen molar-refractivity contribution < 1.29 is 9.47 Å². The van der Waals surface area contributed by atoms with Crippen molar-refractivity contribution in [2.75, 3.05) is 47.1 Å². The number of pyridine rings is 1. The normalized spacial score (nSPS) is 12.9. The van der Waals surface area contributed by atoms with Gasteiger partial charge < -0.3 is 15.2 Å². The number of hydrogen-bond acceptors (Lipinski definition) is 5. The Bertz CT molecular complexity index is 357. The van der Waals surface area contributed by atoms with Gasteiger partial charge in [-0.25, -0.2) is 0 Å². The molecular weight excluding hydrogens is 310 g/mol. The van der Waals surface area contributed by atoms with Crippen LogP contribution in [-0.2, 0) is 9.47 Å². The summed E-state index contributed by atoms with van der Waals surface area (Å²) in [7, 11) is 3.40. The molecule has 19 heavy (non-hydrogen) atoms. The number of nitrogens with two attached hydrogens (primary N) is 1. The monoisotopic (exact) mass is 331 g/mol. The Kier molecular flexibility index (Phi) is 8.16. The molecular formula is C13H22BrN3O2. The first-order valence-corrected chi connectivity index (χ1v) is 7.04. The van der Waals surface area contributed by atoms with Crippen molar-refractivity contribution in [2.24, 2.45) is 5.73 Å². The molecule has 0 bridgehead atoms. The standard InChI is InChI=1S/C13H22BrN3O2/c1-18-5-3-17(4-6-19-2)13(8-15)11-7-12(14)10-16-9-11/h7,9-10,13H,3-6,8,15H2,1-2H3. The Morgan fingerprint density at radius 1 is 1.26 bits per heavy atom. The quantitative estimate of drug-likeness (QED) is 0.741. The summed E-state index contributed by atoms with van der Waals surface area (Å²) in [5.74, 6) is 0. The topological polar surface area (TPSA) is 60.6 Å². The van der Waals surface area contributed by atoms with Gasteiger partial charge in [0.1, 0.15) is 0 Å². The lowest BCUT2D eigenvalue weighted by Gasteiger charge is -2.30. The van der Waals surface area contributed by atoms with Crippen LogP contribution in [0.1, 0.15) is 11.6 Å². The summed E-state index contributed by atoms with van der Waals surface area (Å²) in [5.41, 5.74) is 7.03. The molecule has 1 unspecified atom stereocenters. The van der Waals surface area contributed by atoms with Crippen molar-refractivity contribution in [3.8, 4) is 0 Å². The lowest BCUT2D eigenvalue weighted by molar-refractivity contribution is 0.0890. The molecule has 1 aromatic heterocycles. The number of rotatable bonds is 9. The fourth-order valence-electron chi connectivity index (χ4n) is 1.95. The Morgan fingerprint density at radius 3 is 2.37 bits per heavy atom. The highest BCUT2D eigenvalue weighted by molar-refractivity contribution is 9.10. The average Bonchev–Trinajstić information content (AvgIpc) is 2.42. The largest absolute Gasteiger partial charge is 0.383 e. The molecule has 1 rings (SSSR count). The van der Waals surface area contributed by atoms with Gasteiger partial charge in [0.25, 0.3) is 0 Å². The SMILES string of the molecule is COCCN(CCOC)C(CN)c1cncc(Br)c1. The minimum absolute atomic E-state index is 0.121. The van der Waals surface area contributed by atoms with E-state index in [-0.39, 0.29) is 6.04 Å². The van der Waals surface area contributed by atoms with E-state index in [9.17, 15) is 0 Å². The van der Waals surface area contributed by atoms with Gasteiger partial charge in [-0.1, -0.05) is 0 Å². The molecule has 1 atom stereocenters. The molecule has 0 saturated carbocycles. The summed E-state index contributed by atoms with van der Waals surface area (Å²) in [6.45, 7) is 3.50. The number of methoxy groups -OCH3 is 2. The molecule has 0 aromatic carbocycles. The molecule has 1 aromatic rings. The van der Waals surface area contributed by atoms with Crippen molar-refractivity contribution >= 4 is 15.9 Å². The number of hydrogen-bond donors (Lipinski definition) is 1. The second-order valence-electron chi connectivity index (χ2n) is 4.21. The van der Waals surface area contributed by atoms with Crippen LogP contribution in [0.3, 0.4) is 0 Å². The van der Waals surface area contributed by atoms with Crippen LogP contribution in [-0.4, -0.2) is 57.0 Å². The van der Waals surface area contributed by atoms with Gasteiger partial charge in [-0.15, -0.1) is 0 Å². The second kappa shape index (κ2) is 9.39. The molecule has 5 nitrogen and oxygen atoms in total. The zero-order chi connectivity index (χ0) is 14.1. The summed E-state index contributed by atoms with van der Waals surface area (Å²) in [6.07, 6.45) is 3.63. The van der Waals surface area contributed by atoms with Crippen molar-refractivity contribution in [1.29, 1.82) is 0 Å². The third kappa shape index (κ3) is 5.54. The van der Waals surface area contributed by atoms with Gasteiger partial charge in [0.15, 0.2) is 0 Å². The van der Waals surface area contributed by atoms with Gasteiger partial charge in [-0.3, -0.25) is 9.88 Å². The highest BCUT2D eigenvalue weighted by atomic mass is 79.9. The first kappa shape index (κ1) is 16.5. The fourth-order valence-corrected chi connectivity index (χ4v) is 2.33. The van der Waals surface area contributed by atoms with E-state index in [1.165, 1.54) is 0 Å². The van der Waals surface area contributed by atoms with Gasteiger partial charge >= 0.3 is 0 Å². The van der Waals surface area contributed by atoms with Gasteiger partial charge in [0.2, 0.25) is 0 Å². The zero-order valence-corrected chi connectivity index (χ0v) is 13.1. The minimum Gasteiger partial charge on any atom is -0.383 e. The van der Waals surface area contributed by atoms with E-state index in [4.69, 9.17) is 15.2 Å². The Hall–Kier alpha value is -0.530. The lowest BCUT2D eigenvalue weighted by atomic mass is 10.1. The molecule has 108 valence electrons. The number of halogens is 1. The van der Waals surface area contributed by atoms with Crippen LogP contribution in [0, 0.1) is 0 Å². The van der Waals surface area contributed by atoms with E-state index in [1.807, 2.05) is 6.20 Å².